The minimum Gasteiger partial charge on any atom is -0.321 e. The molecular formula is C12H22N4O2S. The van der Waals surface area contributed by atoms with Crippen LogP contribution < -0.4 is 11.3 Å². The fourth-order valence-corrected chi connectivity index (χ4v) is 3.20. The summed E-state index contributed by atoms with van der Waals surface area (Å²) in [5.74, 6) is 5.34. The van der Waals surface area contributed by atoms with E-state index in [1.54, 1.807) is 19.2 Å². The molecule has 1 aromatic heterocycles. The quantitative estimate of drug-likeness (QED) is 0.645. The molecule has 0 aliphatic rings. The van der Waals surface area contributed by atoms with Crippen molar-refractivity contribution in [1.29, 1.82) is 0 Å². The Morgan fingerprint density at radius 1 is 1.42 bits per heavy atom. The Kier molecular flexibility index (Phi) is 4.54. The summed E-state index contributed by atoms with van der Waals surface area (Å²) in [4.78, 5) is 3.93. The van der Waals surface area contributed by atoms with Gasteiger partial charge in [-0.1, -0.05) is 20.8 Å². The first-order chi connectivity index (χ1) is 8.62. The second-order valence-corrected chi connectivity index (χ2v) is 7.48. The number of nitrogens with zero attached hydrogens (tertiary/aromatic N) is 2. The summed E-state index contributed by atoms with van der Waals surface area (Å²) in [6.45, 7) is 7.84. The number of anilines is 1. The molecule has 6 nitrogen and oxygen atoms in total. The van der Waals surface area contributed by atoms with Crippen LogP contribution in [0.5, 0.6) is 0 Å². The third-order valence-corrected chi connectivity index (χ3v) is 5.24. The van der Waals surface area contributed by atoms with Crippen molar-refractivity contribution in [3.05, 3.63) is 18.3 Å². The van der Waals surface area contributed by atoms with Gasteiger partial charge in [0.2, 0.25) is 0 Å². The van der Waals surface area contributed by atoms with E-state index >= 15 is 0 Å². The summed E-state index contributed by atoms with van der Waals surface area (Å²) in [5, 5.41) is -0.0592. The minimum absolute atomic E-state index is 0.0592. The number of rotatable bonds is 4. The van der Waals surface area contributed by atoms with Gasteiger partial charge in [0.1, 0.15) is 0 Å². The van der Waals surface area contributed by atoms with Gasteiger partial charge in [-0.25, -0.2) is 13.4 Å². The molecule has 108 valence electrons. The molecule has 0 aliphatic heterocycles. The maximum atomic E-state index is 12.6. The van der Waals surface area contributed by atoms with Gasteiger partial charge < -0.3 is 5.43 Å². The molecule has 1 rings (SSSR count). The number of nitrogens with two attached hydrogens (primary N) is 1. The van der Waals surface area contributed by atoms with E-state index in [0.717, 1.165) is 0 Å². The molecule has 0 aliphatic carbocycles. The Morgan fingerprint density at radius 3 is 2.47 bits per heavy atom. The van der Waals surface area contributed by atoms with Gasteiger partial charge in [-0.15, -0.1) is 0 Å². The van der Waals surface area contributed by atoms with Crippen molar-refractivity contribution in [3.8, 4) is 0 Å². The van der Waals surface area contributed by atoms with E-state index in [1.165, 1.54) is 10.5 Å². The lowest BCUT2D eigenvalue weighted by atomic mass is 9.88. The molecule has 0 spiro atoms. The number of hydrogen-bond acceptors (Lipinski definition) is 5. The smallest absolute Gasteiger partial charge is 0.262 e. The maximum Gasteiger partial charge on any atom is 0.262 e. The number of hydrazine groups is 1. The molecule has 0 saturated heterocycles. The first-order valence-corrected chi connectivity index (χ1v) is 7.46. The van der Waals surface area contributed by atoms with E-state index in [-0.39, 0.29) is 22.2 Å². The van der Waals surface area contributed by atoms with Crippen LogP contribution in [0.25, 0.3) is 0 Å². The van der Waals surface area contributed by atoms with E-state index in [9.17, 15) is 8.42 Å². The molecule has 1 heterocycles. The average molecular weight is 286 g/mol. The van der Waals surface area contributed by atoms with Gasteiger partial charge in [0.05, 0.1) is 5.69 Å². The molecule has 0 radical (unpaired) electrons. The SMILES string of the molecule is CC(N(C)S(=O)(=O)c1ncccc1NN)C(C)(C)C. The van der Waals surface area contributed by atoms with Crippen LogP contribution in [0.2, 0.25) is 0 Å². The molecule has 3 N–H and O–H groups in total. The topological polar surface area (TPSA) is 88.3 Å². The first-order valence-electron chi connectivity index (χ1n) is 6.02. The van der Waals surface area contributed by atoms with Gasteiger partial charge in [0.15, 0.2) is 5.03 Å². The zero-order valence-corrected chi connectivity index (χ0v) is 12.8. The van der Waals surface area contributed by atoms with E-state index < -0.39 is 10.0 Å². The van der Waals surface area contributed by atoms with E-state index in [4.69, 9.17) is 5.84 Å². The molecule has 19 heavy (non-hydrogen) atoms. The highest BCUT2D eigenvalue weighted by atomic mass is 32.2. The molecule has 7 heteroatoms. The van der Waals surface area contributed by atoms with Crippen LogP contribution in [-0.2, 0) is 10.0 Å². The van der Waals surface area contributed by atoms with Crippen LogP contribution in [0, 0.1) is 5.41 Å². The zero-order chi connectivity index (χ0) is 14.8. The number of sulfonamides is 1. The summed E-state index contributed by atoms with van der Waals surface area (Å²) in [5.41, 5.74) is 2.48. The Labute approximate surface area is 115 Å². The van der Waals surface area contributed by atoms with Crippen LogP contribution in [0.15, 0.2) is 23.4 Å². The molecule has 0 amide bonds. The van der Waals surface area contributed by atoms with Crippen molar-refractivity contribution in [1.82, 2.24) is 9.29 Å². The highest BCUT2D eigenvalue weighted by molar-refractivity contribution is 7.89. The van der Waals surface area contributed by atoms with Crippen molar-refractivity contribution < 1.29 is 8.42 Å². The van der Waals surface area contributed by atoms with Crippen molar-refractivity contribution in [2.24, 2.45) is 11.3 Å². The van der Waals surface area contributed by atoms with Crippen LogP contribution in [0.3, 0.4) is 0 Å². The van der Waals surface area contributed by atoms with E-state index in [2.05, 4.69) is 10.4 Å². The standard InChI is InChI=1S/C12H22N4O2S/c1-9(12(2,3)4)16(5)19(17,18)11-10(15-13)7-6-8-14-11/h6-9,15H,13H2,1-5H3. The second kappa shape index (κ2) is 5.44. The lowest BCUT2D eigenvalue weighted by Gasteiger charge is -2.34. The third kappa shape index (κ3) is 3.23. The van der Waals surface area contributed by atoms with Crippen molar-refractivity contribution in [2.45, 2.75) is 38.8 Å². The van der Waals surface area contributed by atoms with Gasteiger partial charge in [-0.2, -0.15) is 4.31 Å². The predicted molar refractivity (Wildman–Crippen MR) is 75.9 cm³/mol. The number of hydrogen-bond donors (Lipinski definition) is 2. The summed E-state index contributed by atoms with van der Waals surface area (Å²) in [6.07, 6.45) is 1.43. The number of pyridine rings is 1. The summed E-state index contributed by atoms with van der Waals surface area (Å²) in [6, 6.07) is 3.03. The lowest BCUT2D eigenvalue weighted by molar-refractivity contribution is 0.216. The van der Waals surface area contributed by atoms with Crippen molar-refractivity contribution >= 4 is 15.7 Å². The third-order valence-electron chi connectivity index (χ3n) is 3.35. The minimum atomic E-state index is -3.68. The Balaban J connectivity index is 3.25. The molecule has 0 aromatic carbocycles. The molecule has 0 fully saturated rings. The predicted octanol–water partition coefficient (Wildman–Crippen LogP) is 1.42. The first kappa shape index (κ1) is 15.9. The normalized spacial score (nSPS) is 14.5. The Morgan fingerprint density at radius 2 is 2.00 bits per heavy atom. The fraction of sp³-hybridized carbons (Fsp3) is 0.583. The zero-order valence-electron chi connectivity index (χ0n) is 12.0. The van der Waals surface area contributed by atoms with Crippen LogP contribution >= 0.6 is 0 Å². The van der Waals surface area contributed by atoms with Crippen LogP contribution in [0.1, 0.15) is 27.7 Å². The second-order valence-electron chi connectivity index (χ2n) is 5.56. The summed E-state index contributed by atoms with van der Waals surface area (Å²) in [7, 11) is -2.13. The monoisotopic (exact) mass is 286 g/mol. The van der Waals surface area contributed by atoms with Gasteiger partial charge in [-0.3, -0.25) is 5.84 Å². The average Bonchev–Trinajstić information content (AvgIpc) is 2.35. The largest absolute Gasteiger partial charge is 0.321 e. The number of aromatic nitrogens is 1. The molecule has 1 atom stereocenters. The van der Waals surface area contributed by atoms with Crippen molar-refractivity contribution in [3.63, 3.8) is 0 Å². The van der Waals surface area contributed by atoms with Crippen LogP contribution in [0.4, 0.5) is 5.69 Å². The maximum absolute atomic E-state index is 12.6. The van der Waals surface area contributed by atoms with Gasteiger partial charge in [-0.05, 0) is 24.5 Å². The Hall–Kier alpha value is -1.18. The van der Waals surface area contributed by atoms with Crippen LogP contribution in [-0.4, -0.2) is 30.8 Å². The van der Waals surface area contributed by atoms with Gasteiger partial charge in [0.25, 0.3) is 10.0 Å². The highest BCUT2D eigenvalue weighted by Gasteiger charge is 2.34. The van der Waals surface area contributed by atoms with Crippen molar-refractivity contribution in [2.75, 3.05) is 12.5 Å². The molecule has 0 saturated carbocycles. The fourth-order valence-electron chi connectivity index (χ4n) is 1.60. The molecule has 1 unspecified atom stereocenters. The Bertz CT molecular complexity index is 537. The summed E-state index contributed by atoms with van der Waals surface area (Å²) >= 11 is 0. The number of nitrogens with one attached hydrogen (secondary N) is 1. The molecular weight excluding hydrogens is 264 g/mol. The molecule has 0 bridgehead atoms. The highest BCUT2D eigenvalue weighted by Crippen LogP contribution is 2.29. The van der Waals surface area contributed by atoms with Gasteiger partial charge >= 0.3 is 0 Å². The lowest BCUT2D eigenvalue weighted by Crippen LogP contribution is -2.43. The number of nitrogen functional groups attached to an aromatic ring is 1. The molecule has 1 aromatic rings. The van der Waals surface area contributed by atoms with Gasteiger partial charge in [0, 0.05) is 19.3 Å². The van der Waals surface area contributed by atoms with E-state index in [1.807, 2.05) is 27.7 Å². The summed E-state index contributed by atoms with van der Waals surface area (Å²) < 4.78 is 26.5. The van der Waals surface area contributed by atoms with E-state index in [0.29, 0.717) is 0 Å².